The minimum absolute atomic E-state index is 0.255. The molecule has 1 heterocycles. The van der Waals surface area contributed by atoms with Crippen molar-refractivity contribution in [3.63, 3.8) is 0 Å². The van der Waals surface area contributed by atoms with Crippen LogP contribution in [0.25, 0.3) is 0 Å². The summed E-state index contributed by atoms with van der Waals surface area (Å²) < 4.78 is 5.56. The molecule has 0 radical (unpaired) electrons. The molecule has 2 nitrogen and oxygen atoms in total. The van der Waals surface area contributed by atoms with Gasteiger partial charge in [0.25, 0.3) is 0 Å². The van der Waals surface area contributed by atoms with Crippen LogP contribution >= 0.6 is 0 Å². The van der Waals surface area contributed by atoms with Crippen LogP contribution in [0.3, 0.4) is 0 Å². The van der Waals surface area contributed by atoms with Gasteiger partial charge in [0.15, 0.2) is 0 Å². The first-order chi connectivity index (χ1) is 8.50. The molecule has 2 bridgehead atoms. The first-order valence-corrected chi connectivity index (χ1v) is 6.90. The van der Waals surface area contributed by atoms with E-state index in [0.29, 0.717) is 11.5 Å². The summed E-state index contributed by atoms with van der Waals surface area (Å²) in [6.07, 6.45) is 2.29. The quantitative estimate of drug-likeness (QED) is 0.821. The van der Waals surface area contributed by atoms with Crippen LogP contribution < -0.4 is 10.1 Å². The summed E-state index contributed by atoms with van der Waals surface area (Å²) in [5.41, 5.74) is 3.47. The van der Waals surface area contributed by atoms with E-state index >= 15 is 0 Å². The van der Waals surface area contributed by atoms with Crippen molar-refractivity contribution in [3.05, 3.63) is 29.3 Å². The summed E-state index contributed by atoms with van der Waals surface area (Å²) in [5.74, 6) is 1.06. The van der Waals surface area contributed by atoms with Crippen LogP contribution in [0.15, 0.2) is 18.2 Å². The first-order valence-electron chi connectivity index (χ1n) is 6.90. The third-order valence-corrected chi connectivity index (χ3v) is 5.66. The van der Waals surface area contributed by atoms with Gasteiger partial charge in [0.05, 0.1) is 7.11 Å². The average molecular weight is 245 g/mol. The van der Waals surface area contributed by atoms with Gasteiger partial charge in [-0.15, -0.1) is 0 Å². The highest BCUT2D eigenvalue weighted by molar-refractivity contribution is 5.49. The van der Waals surface area contributed by atoms with Crippen molar-refractivity contribution in [2.75, 3.05) is 13.7 Å². The van der Waals surface area contributed by atoms with Crippen molar-refractivity contribution in [1.29, 1.82) is 0 Å². The van der Waals surface area contributed by atoms with Gasteiger partial charge in [-0.1, -0.05) is 32.9 Å². The van der Waals surface area contributed by atoms with E-state index in [-0.39, 0.29) is 5.41 Å². The smallest absolute Gasteiger partial charge is 0.122 e. The highest BCUT2D eigenvalue weighted by Crippen LogP contribution is 2.54. The highest BCUT2D eigenvalue weighted by Gasteiger charge is 2.53. The summed E-state index contributed by atoms with van der Waals surface area (Å²) in [4.78, 5) is 0. The molecule has 3 rings (SSSR count). The van der Waals surface area contributed by atoms with Crippen molar-refractivity contribution in [2.45, 2.75) is 45.1 Å². The summed E-state index contributed by atoms with van der Waals surface area (Å²) in [5, 5.41) is 3.70. The number of ether oxygens (including phenoxy) is 1. The molecule has 0 saturated carbocycles. The zero-order valence-electron chi connectivity index (χ0n) is 11.8. The third-order valence-electron chi connectivity index (χ3n) is 5.66. The van der Waals surface area contributed by atoms with E-state index < -0.39 is 0 Å². The summed E-state index contributed by atoms with van der Waals surface area (Å²) in [6, 6.07) is 7.10. The zero-order chi connectivity index (χ0) is 13.0. The second-order valence-electron chi connectivity index (χ2n) is 6.50. The molecule has 1 fully saturated rings. The van der Waals surface area contributed by atoms with Gasteiger partial charge < -0.3 is 10.1 Å². The van der Waals surface area contributed by atoms with E-state index in [4.69, 9.17) is 4.74 Å². The number of hydrogen-bond donors (Lipinski definition) is 1. The first kappa shape index (κ1) is 12.0. The molecule has 2 atom stereocenters. The fraction of sp³-hybridized carbons (Fsp3) is 0.625. The number of piperidine rings is 1. The molecule has 18 heavy (non-hydrogen) atoms. The van der Waals surface area contributed by atoms with Crippen molar-refractivity contribution in [3.8, 4) is 5.75 Å². The number of hydrogen-bond acceptors (Lipinski definition) is 2. The topological polar surface area (TPSA) is 21.3 Å². The monoisotopic (exact) mass is 245 g/mol. The molecule has 0 spiro atoms. The van der Waals surface area contributed by atoms with Gasteiger partial charge in [0.1, 0.15) is 5.75 Å². The normalized spacial score (nSPS) is 32.8. The van der Waals surface area contributed by atoms with Crippen LogP contribution in [-0.2, 0) is 11.8 Å². The molecule has 0 unspecified atom stereocenters. The van der Waals surface area contributed by atoms with Crippen LogP contribution in [0.5, 0.6) is 5.75 Å². The van der Waals surface area contributed by atoms with E-state index in [1.54, 1.807) is 7.11 Å². The van der Waals surface area contributed by atoms with Gasteiger partial charge >= 0.3 is 0 Å². The lowest BCUT2D eigenvalue weighted by atomic mass is 9.51. The van der Waals surface area contributed by atoms with E-state index in [1.165, 1.54) is 17.5 Å². The second kappa shape index (κ2) is 3.74. The van der Waals surface area contributed by atoms with Gasteiger partial charge in [-0.2, -0.15) is 0 Å². The molecule has 1 aromatic rings. The maximum absolute atomic E-state index is 5.56. The molecule has 0 amide bonds. The minimum Gasteiger partial charge on any atom is -0.496 e. The molecule has 1 aliphatic heterocycles. The number of rotatable bonds is 1. The molecule has 1 N–H and O–H groups in total. The van der Waals surface area contributed by atoms with Gasteiger partial charge in [0, 0.05) is 11.5 Å². The van der Waals surface area contributed by atoms with E-state index in [0.717, 1.165) is 18.7 Å². The van der Waals surface area contributed by atoms with Gasteiger partial charge in [-0.25, -0.2) is 0 Å². The summed E-state index contributed by atoms with van der Waals surface area (Å²) in [7, 11) is 1.78. The van der Waals surface area contributed by atoms with Crippen LogP contribution in [0.2, 0.25) is 0 Å². The van der Waals surface area contributed by atoms with E-state index in [9.17, 15) is 0 Å². The lowest BCUT2D eigenvalue weighted by Gasteiger charge is -2.57. The fourth-order valence-corrected chi connectivity index (χ4v) is 3.96. The third kappa shape index (κ3) is 1.33. The minimum atomic E-state index is 0.255. The Hall–Kier alpha value is -1.02. The van der Waals surface area contributed by atoms with Crippen LogP contribution in [0.4, 0.5) is 0 Å². The number of methoxy groups -OCH3 is 1. The average Bonchev–Trinajstić information content (AvgIpc) is 2.33. The predicted molar refractivity (Wildman–Crippen MR) is 74.2 cm³/mol. The van der Waals surface area contributed by atoms with Crippen molar-refractivity contribution in [1.82, 2.24) is 5.32 Å². The van der Waals surface area contributed by atoms with Gasteiger partial charge in [0.2, 0.25) is 0 Å². The molecule has 2 heteroatoms. The fourth-order valence-electron chi connectivity index (χ4n) is 3.96. The zero-order valence-corrected chi connectivity index (χ0v) is 11.8. The second-order valence-corrected chi connectivity index (χ2v) is 6.50. The highest BCUT2D eigenvalue weighted by atomic mass is 16.5. The molecular weight excluding hydrogens is 222 g/mol. The molecule has 1 saturated heterocycles. The van der Waals surface area contributed by atoms with Crippen molar-refractivity contribution in [2.24, 2.45) is 5.41 Å². The number of fused-ring (bicyclic) bond motifs is 4. The lowest BCUT2D eigenvalue weighted by molar-refractivity contribution is 0.0551. The number of nitrogens with one attached hydrogen (secondary N) is 1. The number of benzene rings is 1. The lowest BCUT2D eigenvalue weighted by Crippen LogP contribution is -2.62. The van der Waals surface area contributed by atoms with E-state index in [2.05, 4.69) is 44.3 Å². The SMILES string of the molecule is COc1cccc2c1C[C@H]1NCC[C@]2(C)C1(C)C. The van der Waals surface area contributed by atoms with Crippen molar-refractivity contribution < 1.29 is 4.74 Å². The largest absolute Gasteiger partial charge is 0.496 e. The standard InChI is InChI=1S/C16H23NO/c1-15(2)14-10-11-12(6-5-7-13(11)18-4)16(15,3)8-9-17-14/h5-7,14,17H,8-10H2,1-4H3/t14-,16+/m1/s1. The maximum Gasteiger partial charge on any atom is 0.122 e. The molecule has 2 aliphatic rings. The Morgan fingerprint density at radius 2 is 2.06 bits per heavy atom. The molecule has 1 aliphatic carbocycles. The Labute approximate surface area is 110 Å². The van der Waals surface area contributed by atoms with Crippen LogP contribution in [0, 0.1) is 5.41 Å². The van der Waals surface area contributed by atoms with Gasteiger partial charge in [-0.3, -0.25) is 0 Å². The van der Waals surface area contributed by atoms with Crippen LogP contribution in [-0.4, -0.2) is 19.7 Å². The summed E-state index contributed by atoms with van der Waals surface area (Å²) >= 11 is 0. The molecule has 1 aromatic carbocycles. The van der Waals surface area contributed by atoms with E-state index in [1.807, 2.05) is 0 Å². The van der Waals surface area contributed by atoms with Crippen molar-refractivity contribution >= 4 is 0 Å². The molecule has 98 valence electrons. The molecular formula is C16H23NO. The maximum atomic E-state index is 5.56. The molecule has 0 aromatic heterocycles. The Balaban J connectivity index is 2.23. The summed E-state index contributed by atoms with van der Waals surface area (Å²) in [6.45, 7) is 8.37. The van der Waals surface area contributed by atoms with Crippen LogP contribution in [0.1, 0.15) is 38.3 Å². The Bertz CT molecular complexity index is 480. The predicted octanol–water partition coefficient (Wildman–Crippen LogP) is 2.90. The Morgan fingerprint density at radius 3 is 2.78 bits per heavy atom. The Kier molecular flexibility index (Phi) is 2.50. The van der Waals surface area contributed by atoms with Gasteiger partial charge in [-0.05, 0) is 42.0 Å². The Morgan fingerprint density at radius 1 is 1.28 bits per heavy atom.